The fraction of sp³-hybridized carbons (Fsp3) is 0.238. The average Bonchev–Trinajstić information content (AvgIpc) is 2.91. The second kappa shape index (κ2) is 8.14. The molecule has 0 radical (unpaired) electrons. The van der Waals surface area contributed by atoms with Gasteiger partial charge in [0, 0.05) is 24.1 Å². The first-order valence-corrected chi connectivity index (χ1v) is 8.67. The number of rotatable bonds is 6. The molecule has 6 heteroatoms. The number of nitrogens with zero attached hydrogens (tertiary/aromatic N) is 2. The van der Waals surface area contributed by atoms with Crippen LogP contribution in [0.4, 0.5) is 10.1 Å². The molecule has 2 aromatic carbocycles. The van der Waals surface area contributed by atoms with E-state index in [9.17, 15) is 9.18 Å². The molecule has 140 valence electrons. The van der Waals surface area contributed by atoms with Gasteiger partial charge in [-0.2, -0.15) is 5.10 Å². The first-order chi connectivity index (χ1) is 13.0. The number of hydrogen-bond acceptors (Lipinski definition) is 3. The van der Waals surface area contributed by atoms with E-state index in [4.69, 9.17) is 4.74 Å². The number of methoxy groups -OCH3 is 1. The minimum Gasteiger partial charge on any atom is -0.380 e. The van der Waals surface area contributed by atoms with E-state index in [0.29, 0.717) is 23.7 Å². The van der Waals surface area contributed by atoms with Crippen molar-refractivity contribution in [2.45, 2.75) is 26.9 Å². The van der Waals surface area contributed by atoms with Gasteiger partial charge in [-0.3, -0.25) is 4.79 Å². The topological polar surface area (TPSA) is 56.1 Å². The number of benzene rings is 2. The van der Waals surface area contributed by atoms with E-state index in [0.717, 1.165) is 16.8 Å². The van der Waals surface area contributed by atoms with Gasteiger partial charge < -0.3 is 10.1 Å². The number of hydrogen-bond donors (Lipinski definition) is 1. The lowest BCUT2D eigenvalue weighted by molar-refractivity contribution is -0.115. The van der Waals surface area contributed by atoms with Crippen LogP contribution < -0.4 is 5.32 Å². The molecular weight excluding hydrogens is 345 g/mol. The Labute approximate surface area is 157 Å². The molecule has 0 aliphatic heterocycles. The van der Waals surface area contributed by atoms with Crippen LogP contribution in [-0.2, 0) is 22.6 Å². The summed E-state index contributed by atoms with van der Waals surface area (Å²) in [5.74, 6) is -0.502. The number of halogens is 1. The van der Waals surface area contributed by atoms with Gasteiger partial charge in [0.2, 0.25) is 5.91 Å². The molecule has 0 saturated heterocycles. The van der Waals surface area contributed by atoms with E-state index < -0.39 is 0 Å². The van der Waals surface area contributed by atoms with Crippen molar-refractivity contribution in [3.8, 4) is 5.69 Å². The van der Waals surface area contributed by atoms with E-state index in [1.54, 1.807) is 30.0 Å². The number of nitrogens with one attached hydrogen (secondary N) is 1. The Kier molecular flexibility index (Phi) is 5.66. The number of carbonyl (C=O) groups excluding carboxylic acids is 1. The lowest BCUT2D eigenvalue weighted by Crippen LogP contribution is -2.15. The molecule has 1 heterocycles. The van der Waals surface area contributed by atoms with Gasteiger partial charge >= 0.3 is 0 Å². The Balaban J connectivity index is 1.79. The van der Waals surface area contributed by atoms with E-state index in [-0.39, 0.29) is 18.1 Å². The second-order valence-corrected chi connectivity index (χ2v) is 6.37. The van der Waals surface area contributed by atoms with Crippen molar-refractivity contribution >= 4 is 11.6 Å². The molecule has 0 saturated carbocycles. The highest BCUT2D eigenvalue weighted by molar-refractivity contribution is 5.92. The molecule has 1 aromatic heterocycles. The SMILES string of the molecule is COCc1cccc(NC(=O)Cc2c(C)nn(-c3ccccc3F)c2C)c1. The van der Waals surface area contributed by atoms with Gasteiger partial charge in [-0.1, -0.05) is 24.3 Å². The maximum Gasteiger partial charge on any atom is 0.228 e. The highest BCUT2D eigenvalue weighted by atomic mass is 19.1. The molecule has 0 unspecified atom stereocenters. The van der Waals surface area contributed by atoms with Crippen molar-refractivity contribution in [1.29, 1.82) is 0 Å². The molecule has 3 rings (SSSR count). The largest absolute Gasteiger partial charge is 0.380 e. The highest BCUT2D eigenvalue weighted by Crippen LogP contribution is 2.21. The van der Waals surface area contributed by atoms with Gasteiger partial charge in [-0.05, 0) is 43.7 Å². The molecule has 3 aromatic rings. The Hall–Kier alpha value is -2.99. The molecule has 0 bridgehead atoms. The lowest BCUT2D eigenvalue weighted by Gasteiger charge is -2.08. The van der Waals surface area contributed by atoms with Crippen molar-refractivity contribution in [1.82, 2.24) is 9.78 Å². The molecule has 0 atom stereocenters. The molecule has 0 fully saturated rings. The van der Waals surface area contributed by atoms with Gasteiger partial charge in [0.15, 0.2) is 0 Å². The van der Waals surface area contributed by atoms with Gasteiger partial charge in [0.25, 0.3) is 0 Å². The molecule has 0 spiro atoms. The fourth-order valence-electron chi connectivity index (χ4n) is 3.06. The Bertz CT molecular complexity index is 966. The zero-order valence-corrected chi connectivity index (χ0v) is 15.6. The van der Waals surface area contributed by atoms with Crippen LogP contribution in [0.3, 0.4) is 0 Å². The van der Waals surface area contributed by atoms with Gasteiger partial charge in [-0.25, -0.2) is 9.07 Å². The molecule has 27 heavy (non-hydrogen) atoms. The summed E-state index contributed by atoms with van der Waals surface area (Å²) in [6, 6.07) is 14.0. The van der Waals surface area contributed by atoms with Crippen LogP contribution in [0.5, 0.6) is 0 Å². The number of ether oxygens (including phenoxy) is 1. The third kappa shape index (κ3) is 4.23. The van der Waals surface area contributed by atoms with Crippen LogP contribution in [0, 0.1) is 19.7 Å². The van der Waals surface area contributed by atoms with Crippen LogP contribution in [0.1, 0.15) is 22.5 Å². The zero-order valence-electron chi connectivity index (χ0n) is 15.6. The maximum absolute atomic E-state index is 14.1. The molecule has 1 amide bonds. The van der Waals surface area contributed by atoms with Crippen LogP contribution in [0.25, 0.3) is 5.69 Å². The van der Waals surface area contributed by atoms with Crippen LogP contribution >= 0.6 is 0 Å². The van der Waals surface area contributed by atoms with E-state index in [1.807, 2.05) is 38.1 Å². The van der Waals surface area contributed by atoms with Crippen molar-refractivity contribution in [3.05, 3.63) is 76.9 Å². The fourth-order valence-corrected chi connectivity index (χ4v) is 3.06. The van der Waals surface area contributed by atoms with Crippen molar-refractivity contribution < 1.29 is 13.9 Å². The van der Waals surface area contributed by atoms with Crippen LogP contribution in [0.15, 0.2) is 48.5 Å². The number of amides is 1. The Morgan fingerprint density at radius 2 is 1.96 bits per heavy atom. The third-order valence-corrected chi connectivity index (χ3v) is 4.38. The Morgan fingerprint density at radius 1 is 1.19 bits per heavy atom. The zero-order chi connectivity index (χ0) is 19.4. The van der Waals surface area contributed by atoms with Crippen LogP contribution in [0.2, 0.25) is 0 Å². The standard InChI is InChI=1S/C21H22FN3O2/c1-14-18(15(2)25(24-14)20-10-5-4-9-19(20)22)12-21(26)23-17-8-6-7-16(11-17)13-27-3/h4-11H,12-13H2,1-3H3,(H,23,26). The predicted octanol–water partition coefficient (Wildman–Crippen LogP) is 3.96. The number of para-hydroxylation sites is 1. The quantitative estimate of drug-likeness (QED) is 0.718. The second-order valence-electron chi connectivity index (χ2n) is 6.37. The first kappa shape index (κ1) is 18.8. The summed E-state index contributed by atoms with van der Waals surface area (Å²) in [4.78, 5) is 12.5. The molecule has 1 N–H and O–H groups in total. The summed E-state index contributed by atoms with van der Waals surface area (Å²) in [5, 5.41) is 7.32. The molecular formula is C21H22FN3O2. The summed E-state index contributed by atoms with van der Waals surface area (Å²) in [6.07, 6.45) is 0.167. The monoisotopic (exact) mass is 367 g/mol. The normalized spacial score (nSPS) is 10.8. The molecule has 0 aliphatic rings. The summed E-state index contributed by atoms with van der Waals surface area (Å²) < 4.78 is 20.8. The smallest absolute Gasteiger partial charge is 0.228 e. The third-order valence-electron chi connectivity index (χ3n) is 4.38. The van der Waals surface area contributed by atoms with Crippen molar-refractivity contribution in [3.63, 3.8) is 0 Å². The van der Waals surface area contributed by atoms with E-state index >= 15 is 0 Å². The van der Waals surface area contributed by atoms with Gasteiger partial charge in [0.1, 0.15) is 11.5 Å². The van der Waals surface area contributed by atoms with E-state index in [2.05, 4.69) is 10.4 Å². The minimum absolute atomic E-state index is 0.149. The van der Waals surface area contributed by atoms with Crippen molar-refractivity contribution in [2.75, 3.05) is 12.4 Å². The number of carbonyl (C=O) groups is 1. The number of aryl methyl sites for hydroxylation is 1. The summed E-state index contributed by atoms with van der Waals surface area (Å²) in [5.41, 5.74) is 4.32. The average molecular weight is 367 g/mol. The maximum atomic E-state index is 14.1. The minimum atomic E-state index is -0.353. The van der Waals surface area contributed by atoms with Gasteiger partial charge in [0.05, 0.1) is 18.7 Å². The Morgan fingerprint density at radius 3 is 2.70 bits per heavy atom. The first-order valence-electron chi connectivity index (χ1n) is 8.67. The summed E-state index contributed by atoms with van der Waals surface area (Å²) in [6.45, 7) is 4.15. The van der Waals surface area contributed by atoms with Crippen molar-refractivity contribution in [2.24, 2.45) is 0 Å². The summed E-state index contributed by atoms with van der Waals surface area (Å²) >= 11 is 0. The highest BCUT2D eigenvalue weighted by Gasteiger charge is 2.17. The molecule has 0 aliphatic carbocycles. The number of anilines is 1. The number of aromatic nitrogens is 2. The van der Waals surface area contributed by atoms with Gasteiger partial charge in [-0.15, -0.1) is 0 Å². The van der Waals surface area contributed by atoms with E-state index in [1.165, 1.54) is 6.07 Å². The van der Waals surface area contributed by atoms with Crippen LogP contribution in [-0.4, -0.2) is 22.8 Å². The predicted molar refractivity (Wildman–Crippen MR) is 102 cm³/mol. The molecule has 5 nitrogen and oxygen atoms in total. The summed E-state index contributed by atoms with van der Waals surface area (Å²) in [7, 11) is 1.63. The lowest BCUT2D eigenvalue weighted by atomic mass is 10.1.